The van der Waals surface area contributed by atoms with Gasteiger partial charge in [0.05, 0.1) is 11.1 Å². The maximum Gasteiger partial charge on any atom is 0.262 e. The van der Waals surface area contributed by atoms with Crippen molar-refractivity contribution in [2.24, 2.45) is 5.73 Å². The summed E-state index contributed by atoms with van der Waals surface area (Å²) < 4.78 is 0.724. The maximum absolute atomic E-state index is 12.3. The molecular weight excluding hydrogens is 398 g/mol. The van der Waals surface area contributed by atoms with Crippen molar-refractivity contribution in [1.29, 1.82) is 0 Å². The highest BCUT2D eigenvalue weighted by Gasteiger charge is 2.37. The molecule has 1 saturated carbocycles. The Kier molecular flexibility index (Phi) is 6.01. The number of nitrogens with zero attached hydrogens (tertiary/aromatic N) is 1. The number of amides is 3. The van der Waals surface area contributed by atoms with Gasteiger partial charge in [0.15, 0.2) is 0 Å². The largest absolute Gasteiger partial charge is 0.352 e. The average Bonchev–Trinajstić information content (AvgIpc) is 2.74. The number of fused-ring (bicyclic) bond motifs is 1. The van der Waals surface area contributed by atoms with Crippen LogP contribution in [0.3, 0.4) is 0 Å². The fourth-order valence-corrected chi connectivity index (χ4v) is 3.45. The Morgan fingerprint density at radius 1 is 1.17 bits per heavy atom. The van der Waals surface area contributed by atoms with Gasteiger partial charge in [-0.2, -0.15) is 0 Å². The molecule has 0 aromatic heterocycles. The molecule has 3 rings (SSSR count). The lowest BCUT2D eigenvalue weighted by atomic mass is 9.92. The van der Waals surface area contributed by atoms with E-state index in [1.54, 1.807) is 18.2 Å². The van der Waals surface area contributed by atoms with E-state index in [1.807, 2.05) is 0 Å². The summed E-state index contributed by atoms with van der Waals surface area (Å²) >= 11 is 3.28. The highest BCUT2D eigenvalue weighted by Crippen LogP contribution is 2.26. The zero-order valence-corrected chi connectivity index (χ0v) is 15.4. The van der Waals surface area contributed by atoms with Gasteiger partial charge >= 0.3 is 0 Å². The molecule has 0 unspecified atom stereocenters. The van der Waals surface area contributed by atoms with Crippen LogP contribution in [0.4, 0.5) is 0 Å². The molecule has 2 aliphatic rings. The monoisotopic (exact) mass is 415 g/mol. The number of hydrogen-bond donors (Lipinski definition) is 2. The molecular formula is C16H19BrClN3O3. The molecule has 1 heterocycles. The topological polar surface area (TPSA) is 92.5 Å². The highest BCUT2D eigenvalue weighted by atomic mass is 79.9. The third-order valence-electron chi connectivity index (χ3n) is 4.37. The van der Waals surface area contributed by atoms with Crippen molar-refractivity contribution in [2.75, 3.05) is 6.54 Å². The highest BCUT2D eigenvalue weighted by molar-refractivity contribution is 9.10. The van der Waals surface area contributed by atoms with Crippen LogP contribution in [0.1, 0.15) is 46.4 Å². The first kappa shape index (κ1) is 18.9. The first-order valence-corrected chi connectivity index (χ1v) is 8.45. The van der Waals surface area contributed by atoms with Gasteiger partial charge in [-0.3, -0.25) is 19.3 Å². The van der Waals surface area contributed by atoms with E-state index < -0.39 is 11.8 Å². The zero-order chi connectivity index (χ0) is 16.6. The van der Waals surface area contributed by atoms with Crippen molar-refractivity contribution >= 4 is 46.1 Å². The molecule has 0 radical (unpaired) electrons. The van der Waals surface area contributed by atoms with Crippen LogP contribution in [0.15, 0.2) is 22.7 Å². The molecule has 3 amide bonds. The minimum atomic E-state index is -0.424. The van der Waals surface area contributed by atoms with Crippen molar-refractivity contribution < 1.29 is 14.4 Å². The number of benzene rings is 1. The first-order chi connectivity index (χ1) is 11.0. The van der Waals surface area contributed by atoms with Gasteiger partial charge in [-0.25, -0.2) is 0 Å². The number of imide groups is 1. The first-order valence-electron chi connectivity index (χ1n) is 7.66. The summed E-state index contributed by atoms with van der Waals surface area (Å²) in [6, 6.07) is 5.19. The van der Waals surface area contributed by atoms with Gasteiger partial charge in [-0.15, -0.1) is 12.4 Å². The Labute approximate surface area is 154 Å². The number of hydrogen-bond acceptors (Lipinski definition) is 4. The molecule has 1 fully saturated rings. The van der Waals surface area contributed by atoms with Crippen molar-refractivity contribution in [2.45, 2.75) is 37.8 Å². The molecule has 3 N–H and O–H groups in total. The minimum Gasteiger partial charge on any atom is -0.352 e. The SMILES string of the molecule is Cl.NC1CCC(NC(=O)CN2C(=O)c3ccc(Br)cc3C2=O)CC1. The Balaban J connectivity index is 0.00000208. The van der Waals surface area contributed by atoms with E-state index in [-0.39, 0.29) is 36.9 Å². The second kappa shape index (κ2) is 7.63. The van der Waals surface area contributed by atoms with Crippen LogP contribution in [0.25, 0.3) is 0 Å². The smallest absolute Gasteiger partial charge is 0.262 e. The molecule has 1 aliphatic carbocycles. The van der Waals surface area contributed by atoms with Crippen LogP contribution in [0, 0.1) is 0 Å². The molecule has 8 heteroatoms. The summed E-state index contributed by atoms with van der Waals surface area (Å²) in [7, 11) is 0. The number of nitrogens with one attached hydrogen (secondary N) is 1. The van der Waals surface area contributed by atoms with Crippen LogP contribution in [-0.2, 0) is 4.79 Å². The maximum atomic E-state index is 12.3. The lowest BCUT2D eigenvalue weighted by Gasteiger charge is -2.27. The molecule has 24 heavy (non-hydrogen) atoms. The van der Waals surface area contributed by atoms with Crippen molar-refractivity contribution in [3.8, 4) is 0 Å². The Bertz CT molecular complexity index is 675. The lowest BCUT2D eigenvalue weighted by molar-refractivity contribution is -0.122. The average molecular weight is 417 g/mol. The molecule has 0 spiro atoms. The number of carbonyl (C=O) groups is 3. The Morgan fingerprint density at radius 3 is 2.46 bits per heavy atom. The molecule has 130 valence electrons. The predicted molar refractivity (Wildman–Crippen MR) is 95.1 cm³/mol. The summed E-state index contributed by atoms with van der Waals surface area (Å²) in [4.78, 5) is 37.8. The fraction of sp³-hybridized carbons (Fsp3) is 0.438. The van der Waals surface area contributed by atoms with Crippen molar-refractivity contribution in [3.63, 3.8) is 0 Å². The van der Waals surface area contributed by atoms with E-state index in [0.717, 1.165) is 35.1 Å². The van der Waals surface area contributed by atoms with Crippen LogP contribution in [0.2, 0.25) is 0 Å². The second-order valence-electron chi connectivity index (χ2n) is 6.07. The second-order valence-corrected chi connectivity index (χ2v) is 6.98. The van der Waals surface area contributed by atoms with Gasteiger partial charge in [0.25, 0.3) is 11.8 Å². The van der Waals surface area contributed by atoms with Crippen LogP contribution < -0.4 is 11.1 Å². The normalized spacial score (nSPS) is 22.8. The third kappa shape index (κ3) is 3.79. The number of halogens is 2. The summed E-state index contributed by atoms with van der Waals surface area (Å²) in [5, 5.41) is 2.90. The van der Waals surface area contributed by atoms with Gasteiger partial charge < -0.3 is 11.1 Å². The van der Waals surface area contributed by atoms with E-state index >= 15 is 0 Å². The van der Waals surface area contributed by atoms with E-state index in [1.165, 1.54) is 0 Å². The number of nitrogens with two attached hydrogens (primary N) is 1. The molecule has 1 aromatic carbocycles. The quantitative estimate of drug-likeness (QED) is 0.736. The van der Waals surface area contributed by atoms with Gasteiger partial charge in [0.2, 0.25) is 5.91 Å². The fourth-order valence-electron chi connectivity index (χ4n) is 3.09. The summed E-state index contributed by atoms with van der Waals surface area (Å²) in [6.07, 6.45) is 3.43. The van der Waals surface area contributed by atoms with Gasteiger partial charge in [-0.05, 0) is 43.9 Å². The van der Waals surface area contributed by atoms with Crippen molar-refractivity contribution in [1.82, 2.24) is 10.2 Å². The Morgan fingerprint density at radius 2 is 1.79 bits per heavy atom. The molecule has 0 bridgehead atoms. The summed E-state index contributed by atoms with van der Waals surface area (Å²) in [5.41, 5.74) is 6.52. The lowest BCUT2D eigenvalue weighted by Crippen LogP contribution is -2.46. The van der Waals surface area contributed by atoms with Crippen LogP contribution in [0.5, 0.6) is 0 Å². The van der Waals surface area contributed by atoms with E-state index in [9.17, 15) is 14.4 Å². The molecule has 0 atom stereocenters. The number of carbonyl (C=O) groups excluding carboxylic acids is 3. The number of rotatable bonds is 3. The van der Waals surface area contributed by atoms with Crippen LogP contribution in [-0.4, -0.2) is 41.2 Å². The van der Waals surface area contributed by atoms with Gasteiger partial charge in [0.1, 0.15) is 6.54 Å². The van der Waals surface area contributed by atoms with Crippen molar-refractivity contribution in [3.05, 3.63) is 33.8 Å². The summed E-state index contributed by atoms with van der Waals surface area (Å²) in [6.45, 7) is -0.244. The molecule has 6 nitrogen and oxygen atoms in total. The van der Waals surface area contributed by atoms with Gasteiger partial charge in [0, 0.05) is 16.6 Å². The van der Waals surface area contributed by atoms with E-state index in [2.05, 4.69) is 21.2 Å². The standard InChI is InChI=1S/C16H18BrN3O3.ClH/c17-9-1-6-12-13(7-9)16(23)20(15(12)22)8-14(21)19-11-4-2-10(18)3-5-11;/h1,6-7,10-11H,2-5,8,18H2,(H,19,21);1H. The van der Waals surface area contributed by atoms with E-state index in [0.29, 0.717) is 11.1 Å². The van der Waals surface area contributed by atoms with Gasteiger partial charge in [-0.1, -0.05) is 15.9 Å². The summed E-state index contributed by atoms with van der Waals surface area (Å²) in [5.74, 6) is -1.15. The van der Waals surface area contributed by atoms with Crippen LogP contribution >= 0.6 is 28.3 Å². The van der Waals surface area contributed by atoms with E-state index in [4.69, 9.17) is 5.73 Å². The Hall–Kier alpha value is -1.44. The predicted octanol–water partition coefficient (Wildman–Crippen LogP) is 1.85. The zero-order valence-electron chi connectivity index (χ0n) is 13.0. The molecule has 1 aliphatic heterocycles. The minimum absolute atomic E-state index is 0. The third-order valence-corrected chi connectivity index (χ3v) is 4.86. The molecule has 0 saturated heterocycles. The molecule has 1 aromatic rings.